The van der Waals surface area contributed by atoms with Gasteiger partial charge >= 0.3 is 0 Å². The summed E-state index contributed by atoms with van der Waals surface area (Å²) in [4.78, 5) is 2.68. The number of aryl methyl sites for hydroxylation is 1. The van der Waals surface area contributed by atoms with Crippen LogP contribution in [0.15, 0.2) is 35.6 Å². The van der Waals surface area contributed by atoms with Gasteiger partial charge in [0.1, 0.15) is 11.5 Å². The van der Waals surface area contributed by atoms with E-state index in [-0.39, 0.29) is 11.5 Å². The van der Waals surface area contributed by atoms with Crippen LogP contribution >= 0.6 is 0 Å². The molecule has 2 aliphatic carbocycles. The van der Waals surface area contributed by atoms with Crippen molar-refractivity contribution >= 4 is 0 Å². The second-order valence-electron chi connectivity index (χ2n) is 7.62. The Balaban J connectivity index is 1.77. The molecule has 1 saturated heterocycles. The van der Waals surface area contributed by atoms with Gasteiger partial charge in [0, 0.05) is 18.2 Å². The summed E-state index contributed by atoms with van der Waals surface area (Å²) in [6.45, 7) is 6.78. The number of nitrogens with zero attached hydrogens (tertiary/aromatic N) is 1. The van der Waals surface area contributed by atoms with Crippen molar-refractivity contribution in [3.05, 3.63) is 52.3 Å². The first-order valence-corrected chi connectivity index (χ1v) is 9.20. The molecule has 1 aromatic carbocycles. The molecule has 3 heteroatoms. The smallest absolute Gasteiger partial charge is 0.169 e. The summed E-state index contributed by atoms with van der Waals surface area (Å²) in [5.41, 5.74) is 5.77. The van der Waals surface area contributed by atoms with Gasteiger partial charge < -0.3 is 9.47 Å². The highest BCUT2D eigenvalue weighted by Gasteiger charge is 2.61. The number of rotatable bonds is 3. The lowest BCUT2D eigenvalue weighted by Crippen LogP contribution is -2.59. The van der Waals surface area contributed by atoms with Crippen LogP contribution in [0.3, 0.4) is 0 Å². The zero-order valence-corrected chi connectivity index (χ0v) is 14.8. The Morgan fingerprint density at radius 1 is 1.33 bits per heavy atom. The molecule has 0 amide bonds. The van der Waals surface area contributed by atoms with Crippen molar-refractivity contribution in [2.24, 2.45) is 0 Å². The number of hydrogen-bond acceptors (Lipinski definition) is 3. The second kappa shape index (κ2) is 4.89. The van der Waals surface area contributed by atoms with E-state index in [0.717, 1.165) is 30.9 Å². The average Bonchev–Trinajstić information content (AvgIpc) is 2.94. The third kappa shape index (κ3) is 1.57. The van der Waals surface area contributed by atoms with Crippen LogP contribution in [0.2, 0.25) is 0 Å². The molecule has 5 rings (SSSR count). The average molecular weight is 323 g/mol. The van der Waals surface area contributed by atoms with E-state index in [0.29, 0.717) is 6.04 Å². The monoisotopic (exact) mass is 323 g/mol. The van der Waals surface area contributed by atoms with Crippen LogP contribution in [-0.2, 0) is 16.6 Å². The van der Waals surface area contributed by atoms with Gasteiger partial charge in [-0.25, -0.2) is 0 Å². The van der Waals surface area contributed by atoms with Gasteiger partial charge in [0.15, 0.2) is 6.10 Å². The molecule has 0 aromatic heterocycles. The Bertz CT molecular complexity index is 778. The lowest BCUT2D eigenvalue weighted by Gasteiger charge is -2.53. The molecule has 0 saturated carbocycles. The van der Waals surface area contributed by atoms with Crippen molar-refractivity contribution in [3.63, 3.8) is 0 Å². The first-order chi connectivity index (χ1) is 11.7. The van der Waals surface area contributed by atoms with Gasteiger partial charge in [-0.2, -0.15) is 0 Å². The van der Waals surface area contributed by atoms with Crippen molar-refractivity contribution in [2.45, 2.75) is 50.7 Å². The molecule has 0 unspecified atom stereocenters. The van der Waals surface area contributed by atoms with Gasteiger partial charge in [0.25, 0.3) is 0 Å². The molecular weight excluding hydrogens is 298 g/mol. The van der Waals surface area contributed by atoms with Crippen LogP contribution in [-0.4, -0.2) is 37.2 Å². The largest absolute Gasteiger partial charge is 0.497 e. The summed E-state index contributed by atoms with van der Waals surface area (Å²) < 4.78 is 12.3. The van der Waals surface area contributed by atoms with Crippen molar-refractivity contribution in [1.82, 2.24) is 4.90 Å². The minimum Gasteiger partial charge on any atom is -0.497 e. The van der Waals surface area contributed by atoms with Crippen molar-refractivity contribution in [1.29, 1.82) is 0 Å². The second-order valence-corrected chi connectivity index (χ2v) is 7.62. The number of benzene rings is 1. The third-order valence-electron chi connectivity index (χ3n) is 6.52. The van der Waals surface area contributed by atoms with Gasteiger partial charge in [-0.15, -0.1) is 0 Å². The zero-order chi connectivity index (χ0) is 16.5. The number of hydrogen-bond donors (Lipinski definition) is 0. The van der Waals surface area contributed by atoms with Gasteiger partial charge in [-0.3, -0.25) is 4.90 Å². The van der Waals surface area contributed by atoms with Gasteiger partial charge in [-0.1, -0.05) is 25.1 Å². The highest BCUT2D eigenvalue weighted by atomic mass is 16.5. The standard InChI is InChI=1S/C21H25NO2/c1-4-10-22-11-9-21-15-7-8-17(23-3)20(21)24-19-13(2)5-6-14(18(19)21)12-16(15)22/h5-8,16,20H,4,9-12H2,1-3H3/t16-,20+,21+/m1/s1. The SMILES string of the molecule is CCCN1CC[C@@]23C4=CC=C(OC)[C@@H]2Oc2c(C)ccc(c23)C[C@H]41. The zero-order valence-electron chi connectivity index (χ0n) is 14.8. The van der Waals surface area contributed by atoms with Crippen molar-refractivity contribution in [3.8, 4) is 5.75 Å². The first kappa shape index (κ1) is 14.6. The normalized spacial score (nSPS) is 32.6. The molecule has 0 radical (unpaired) electrons. The summed E-state index contributed by atoms with van der Waals surface area (Å²) in [7, 11) is 1.77. The van der Waals surface area contributed by atoms with Gasteiger partial charge in [0.05, 0.1) is 12.5 Å². The van der Waals surface area contributed by atoms with Crippen molar-refractivity contribution < 1.29 is 9.47 Å². The quantitative estimate of drug-likeness (QED) is 0.850. The maximum absolute atomic E-state index is 6.56. The minimum atomic E-state index is 0.00391. The minimum absolute atomic E-state index is 0.00391. The van der Waals surface area contributed by atoms with Crippen LogP contribution in [0.25, 0.3) is 0 Å². The summed E-state index contributed by atoms with van der Waals surface area (Å²) in [6.07, 6.45) is 7.95. The molecule has 2 heterocycles. The number of likely N-dealkylation sites (tertiary alicyclic amines) is 1. The molecule has 0 N–H and O–H groups in total. The molecule has 2 bridgehead atoms. The Morgan fingerprint density at radius 3 is 3.00 bits per heavy atom. The molecular formula is C21H25NO2. The lowest BCUT2D eigenvalue weighted by molar-refractivity contribution is 0.0648. The topological polar surface area (TPSA) is 21.7 Å². The summed E-state index contributed by atoms with van der Waals surface area (Å²) in [5, 5.41) is 0. The molecule has 126 valence electrons. The van der Waals surface area contributed by atoms with Gasteiger partial charge in [-0.05, 0) is 55.5 Å². The number of allylic oxidation sites excluding steroid dienone is 2. The Morgan fingerprint density at radius 2 is 2.21 bits per heavy atom. The van der Waals surface area contributed by atoms with E-state index in [1.807, 2.05) is 0 Å². The van der Waals surface area contributed by atoms with E-state index in [1.54, 1.807) is 12.7 Å². The molecule has 2 aliphatic heterocycles. The van der Waals surface area contributed by atoms with Crippen LogP contribution in [0, 0.1) is 6.92 Å². The highest BCUT2D eigenvalue weighted by molar-refractivity contribution is 5.65. The highest BCUT2D eigenvalue weighted by Crippen LogP contribution is 2.61. The third-order valence-corrected chi connectivity index (χ3v) is 6.52. The van der Waals surface area contributed by atoms with Crippen LogP contribution in [0.1, 0.15) is 36.5 Å². The molecule has 1 aromatic rings. The number of methoxy groups -OCH3 is 1. The predicted octanol–water partition coefficient (Wildman–Crippen LogP) is 3.50. The Kier molecular flexibility index (Phi) is 2.97. The molecule has 3 atom stereocenters. The predicted molar refractivity (Wildman–Crippen MR) is 94.4 cm³/mol. The van der Waals surface area contributed by atoms with Gasteiger partial charge in [0.2, 0.25) is 0 Å². The van der Waals surface area contributed by atoms with E-state index >= 15 is 0 Å². The Hall–Kier alpha value is -1.74. The number of piperidine rings is 1. The summed E-state index contributed by atoms with van der Waals surface area (Å²) >= 11 is 0. The fourth-order valence-electron chi connectivity index (χ4n) is 5.55. The molecule has 4 aliphatic rings. The van der Waals surface area contributed by atoms with E-state index < -0.39 is 0 Å². The number of ether oxygens (including phenoxy) is 2. The Labute approximate surface area is 143 Å². The summed E-state index contributed by atoms with van der Waals surface area (Å²) in [5.74, 6) is 2.10. The lowest BCUT2D eigenvalue weighted by atomic mass is 9.57. The maximum Gasteiger partial charge on any atom is 0.169 e. The summed E-state index contributed by atoms with van der Waals surface area (Å²) in [6, 6.07) is 5.08. The fraction of sp³-hybridized carbons (Fsp3) is 0.524. The first-order valence-electron chi connectivity index (χ1n) is 9.20. The van der Waals surface area contributed by atoms with Crippen LogP contribution in [0.4, 0.5) is 0 Å². The van der Waals surface area contributed by atoms with E-state index in [9.17, 15) is 0 Å². The van der Waals surface area contributed by atoms with Crippen LogP contribution in [0.5, 0.6) is 5.75 Å². The fourth-order valence-corrected chi connectivity index (χ4v) is 5.55. The van der Waals surface area contributed by atoms with Crippen molar-refractivity contribution in [2.75, 3.05) is 20.2 Å². The van der Waals surface area contributed by atoms with E-state index in [2.05, 4.69) is 43.0 Å². The maximum atomic E-state index is 6.56. The molecule has 1 spiro atoms. The molecule has 24 heavy (non-hydrogen) atoms. The van der Waals surface area contributed by atoms with Crippen LogP contribution < -0.4 is 4.74 Å². The molecule has 1 fully saturated rings. The van der Waals surface area contributed by atoms with E-state index in [1.165, 1.54) is 29.7 Å². The van der Waals surface area contributed by atoms with E-state index in [4.69, 9.17) is 9.47 Å². The molecule has 3 nitrogen and oxygen atoms in total.